The smallest absolute Gasteiger partial charge is 0.364 e. The van der Waals surface area contributed by atoms with Gasteiger partial charge in [0, 0.05) is 17.4 Å². The highest BCUT2D eigenvalue weighted by Crippen LogP contribution is 2.26. The van der Waals surface area contributed by atoms with E-state index in [0.29, 0.717) is 5.69 Å². The number of nitrogens with zero attached hydrogens (tertiary/aromatic N) is 3. The van der Waals surface area contributed by atoms with Crippen molar-refractivity contribution in [1.82, 2.24) is 10.1 Å². The molecular formula is C14H18N3O2S+. The van der Waals surface area contributed by atoms with Gasteiger partial charge in [-0.05, 0) is 33.1 Å². The van der Waals surface area contributed by atoms with Gasteiger partial charge in [0.25, 0.3) is 5.52 Å². The van der Waals surface area contributed by atoms with Crippen LogP contribution in [0.2, 0.25) is 0 Å². The zero-order chi connectivity index (χ0) is 14.9. The molecule has 0 saturated heterocycles. The number of carbonyl (C=O) groups excluding carboxylic acids is 1. The van der Waals surface area contributed by atoms with Crippen molar-refractivity contribution in [3.05, 3.63) is 24.0 Å². The summed E-state index contributed by atoms with van der Waals surface area (Å²) < 4.78 is 7.07. The summed E-state index contributed by atoms with van der Waals surface area (Å²) in [5.74, 6) is -0.426. The van der Waals surface area contributed by atoms with E-state index in [9.17, 15) is 4.79 Å². The molecule has 0 fully saturated rings. The van der Waals surface area contributed by atoms with Gasteiger partial charge in [0.2, 0.25) is 5.69 Å². The van der Waals surface area contributed by atoms with Crippen LogP contribution >= 0.6 is 11.8 Å². The molecule has 2 rings (SSSR count). The molecule has 106 valence electrons. The molecule has 0 N–H and O–H groups in total. The Kier molecular flexibility index (Phi) is 3.94. The minimum atomic E-state index is -0.550. The maximum absolute atomic E-state index is 12.3. The number of hydrogen-bond donors (Lipinski definition) is 0. The Bertz CT molecular complexity index is 665. The third-order valence-electron chi connectivity index (χ3n) is 2.61. The number of ether oxygens (including phenoxy) is 1. The van der Waals surface area contributed by atoms with Gasteiger partial charge in [0.15, 0.2) is 12.6 Å². The van der Waals surface area contributed by atoms with Crippen LogP contribution in [0, 0.1) is 0 Å². The maximum atomic E-state index is 12.3. The van der Waals surface area contributed by atoms with Gasteiger partial charge in [0.05, 0.1) is 4.90 Å². The van der Waals surface area contributed by atoms with E-state index in [1.54, 1.807) is 17.9 Å². The van der Waals surface area contributed by atoms with Gasteiger partial charge < -0.3 is 4.74 Å². The van der Waals surface area contributed by atoms with Crippen LogP contribution < -0.4 is 4.68 Å². The zero-order valence-corrected chi connectivity index (χ0v) is 13.1. The molecule has 2 aromatic heterocycles. The second-order valence-electron chi connectivity index (χ2n) is 5.38. The van der Waals surface area contributed by atoms with E-state index in [0.717, 1.165) is 15.9 Å². The standard InChI is InChI=1S/C14H18N3O2S/c1-14(2,3)19-13(18)11-12(20-5)10-9(17(4)16-11)7-6-8-15-10/h6-8H,1-5H3/q+1. The average Bonchev–Trinajstić information content (AvgIpc) is 2.36. The lowest BCUT2D eigenvalue weighted by molar-refractivity contribution is -0.706. The highest BCUT2D eigenvalue weighted by Gasteiger charge is 2.27. The number of thioether (sulfide) groups is 1. The van der Waals surface area contributed by atoms with E-state index in [-0.39, 0.29) is 0 Å². The van der Waals surface area contributed by atoms with E-state index in [4.69, 9.17) is 4.74 Å². The first-order valence-electron chi connectivity index (χ1n) is 6.26. The summed E-state index contributed by atoms with van der Waals surface area (Å²) in [4.78, 5) is 17.4. The first kappa shape index (κ1) is 14.7. The molecular weight excluding hydrogens is 274 g/mol. The van der Waals surface area contributed by atoms with Crippen molar-refractivity contribution < 1.29 is 14.2 Å². The minimum Gasteiger partial charge on any atom is -0.455 e. The van der Waals surface area contributed by atoms with E-state index >= 15 is 0 Å². The van der Waals surface area contributed by atoms with Crippen LogP contribution in [0.25, 0.3) is 11.0 Å². The summed E-state index contributed by atoms with van der Waals surface area (Å²) in [7, 11) is 1.79. The Morgan fingerprint density at radius 3 is 2.70 bits per heavy atom. The van der Waals surface area contributed by atoms with Crippen LogP contribution in [0.3, 0.4) is 0 Å². The van der Waals surface area contributed by atoms with Crippen LogP contribution in [0.4, 0.5) is 0 Å². The average molecular weight is 292 g/mol. The molecule has 6 heteroatoms. The van der Waals surface area contributed by atoms with Crippen molar-refractivity contribution in [2.45, 2.75) is 31.3 Å². The molecule has 0 spiro atoms. The fourth-order valence-corrected chi connectivity index (χ4v) is 2.52. The summed E-state index contributed by atoms with van der Waals surface area (Å²) in [6.45, 7) is 5.51. The lowest BCUT2D eigenvalue weighted by Crippen LogP contribution is -2.37. The van der Waals surface area contributed by atoms with Crippen molar-refractivity contribution in [3.63, 3.8) is 0 Å². The molecule has 20 heavy (non-hydrogen) atoms. The van der Waals surface area contributed by atoms with Crippen molar-refractivity contribution in [1.29, 1.82) is 0 Å². The molecule has 0 unspecified atom stereocenters. The van der Waals surface area contributed by atoms with Crippen LogP contribution in [-0.4, -0.2) is 27.9 Å². The van der Waals surface area contributed by atoms with Crippen molar-refractivity contribution in [2.24, 2.45) is 7.05 Å². The molecule has 5 nitrogen and oxygen atoms in total. The minimum absolute atomic E-state index is 0.307. The number of rotatable bonds is 2. The number of hydrogen-bond acceptors (Lipinski definition) is 5. The predicted molar refractivity (Wildman–Crippen MR) is 77.7 cm³/mol. The lowest BCUT2D eigenvalue weighted by atomic mass is 10.2. The fourth-order valence-electron chi connectivity index (χ4n) is 1.85. The summed E-state index contributed by atoms with van der Waals surface area (Å²) in [6.07, 6.45) is 3.61. The molecule has 0 aliphatic rings. The maximum Gasteiger partial charge on any atom is 0.364 e. The number of fused-ring (bicyclic) bond motifs is 1. The summed E-state index contributed by atoms with van der Waals surface area (Å²) in [6, 6.07) is 3.77. The van der Waals surface area contributed by atoms with Crippen molar-refractivity contribution in [3.8, 4) is 0 Å². The van der Waals surface area contributed by atoms with Crippen molar-refractivity contribution >= 4 is 28.8 Å². The first-order valence-corrected chi connectivity index (χ1v) is 7.48. The van der Waals surface area contributed by atoms with Crippen molar-refractivity contribution in [2.75, 3.05) is 6.26 Å². The number of aryl methyl sites for hydroxylation is 1. The van der Waals surface area contributed by atoms with Crippen LogP contribution in [0.15, 0.2) is 23.2 Å². The van der Waals surface area contributed by atoms with Gasteiger partial charge in [-0.1, -0.05) is 4.68 Å². The topological polar surface area (TPSA) is 56.0 Å². The number of aromatic nitrogens is 3. The molecule has 0 radical (unpaired) electrons. The van der Waals surface area contributed by atoms with Gasteiger partial charge >= 0.3 is 5.97 Å². The van der Waals surface area contributed by atoms with Gasteiger partial charge in [-0.3, -0.25) is 0 Å². The van der Waals surface area contributed by atoms with Crippen LogP contribution in [0.5, 0.6) is 0 Å². The first-order chi connectivity index (χ1) is 9.33. The second kappa shape index (κ2) is 5.36. The van der Waals surface area contributed by atoms with Gasteiger partial charge in [-0.25, -0.2) is 9.78 Å². The largest absolute Gasteiger partial charge is 0.455 e. The van der Waals surface area contributed by atoms with Gasteiger partial charge in [-0.15, -0.1) is 11.8 Å². The summed E-state index contributed by atoms with van der Waals surface area (Å²) >= 11 is 1.45. The quantitative estimate of drug-likeness (QED) is 0.482. The molecule has 2 heterocycles. The Morgan fingerprint density at radius 2 is 2.10 bits per heavy atom. The normalized spacial score (nSPS) is 11.7. The Morgan fingerprint density at radius 1 is 1.40 bits per heavy atom. The molecule has 0 aliphatic carbocycles. The molecule has 2 aromatic rings. The summed E-state index contributed by atoms with van der Waals surface area (Å²) in [5.41, 5.74) is 1.40. The third-order valence-corrected chi connectivity index (χ3v) is 3.41. The van der Waals surface area contributed by atoms with E-state index < -0.39 is 11.6 Å². The Labute approximate surface area is 122 Å². The highest BCUT2D eigenvalue weighted by atomic mass is 32.2. The summed E-state index contributed by atoms with van der Waals surface area (Å²) in [5, 5.41) is 4.34. The number of carbonyl (C=O) groups is 1. The monoisotopic (exact) mass is 292 g/mol. The van der Waals surface area contributed by atoms with Crippen LogP contribution in [0.1, 0.15) is 31.3 Å². The number of pyridine rings is 1. The van der Waals surface area contributed by atoms with E-state index in [2.05, 4.69) is 10.1 Å². The van der Waals surface area contributed by atoms with E-state index in [1.165, 1.54) is 11.8 Å². The highest BCUT2D eigenvalue weighted by molar-refractivity contribution is 7.98. The Balaban J connectivity index is 2.62. The van der Waals surface area contributed by atoms with E-state index in [1.807, 2.05) is 39.2 Å². The molecule has 0 atom stereocenters. The predicted octanol–water partition coefficient (Wildman–Crippen LogP) is 2.13. The molecule has 0 aliphatic heterocycles. The number of esters is 1. The molecule has 0 saturated carbocycles. The Hall–Kier alpha value is -1.69. The fraction of sp³-hybridized carbons (Fsp3) is 0.429. The van der Waals surface area contributed by atoms with Crippen LogP contribution in [-0.2, 0) is 11.8 Å². The zero-order valence-electron chi connectivity index (χ0n) is 12.3. The second-order valence-corrected chi connectivity index (χ2v) is 6.19. The molecule has 0 bridgehead atoms. The molecule has 0 aromatic carbocycles. The SMILES string of the molecule is CSc1c(C(=O)OC(C)(C)C)n[n+](C)c2cccnc12. The molecule has 0 amide bonds. The third kappa shape index (κ3) is 2.90. The van der Waals surface area contributed by atoms with Gasteiger partial charge in [-0.2, -0.15) is 0 Å². The van der Waals surface area contributed by atoms with Gasteiger partial charge in [0.1, 0.15) is 5.60 Å². The lowest BCUT2D eigenvalue weighted by Gasteiger charge is -2.19.